The second-order valence-electron chi connectivity index (χ2n) is 5.75. The lowest BCUT2D eigenvalue weighted by molar-refractivity contribution is -0.148. The number of likely N-dealkylation sites (tertiary alicyclic amines) is 1. The van der Waals surface area contributed by atoms with E-state index in [-0.39, 0.29) is 12.6 Å². The number of amides is 2. The average Bonchev–Trinajstić information content (AvgIpc) is 2.87. The maximum Gasteiger partial charge on any atom is 0.321 e. The van der Waals surface area contributed by atoms with Gasteiger partial charge in [0.2, 0.25) is 0 Å². The lowest BCUT2D eigenvalue weighted by Gasteiger charge is -2.24. The van der Waals surface area contributed by atoms with Crippen LogP contribution in [0.4, 0.5) is 10.5 Å². The first kappa shape index (κ1) is 15.4. The lowest BCUT2D eigenvalue weighted by atomic mass is 9.83. The van der Waals surface area contributed by atoms with Crippen molar-refractivity contribution in [1.82, 2.24) is 4.90 Å². The molecule has 0 saturated carbocycles. The Labute approximate surface area is 125 Å². The fourth-order valence-corrected chi connectivity index (χ4v) is 2.92. The molecule has 0 aromatic heterocycles. The number of anilines is 1. The maximum atomic E-state index is 12.3. The van der Waals surface area contributed by atoms with E-state index < -0.39 is 11.4 Å². The first-order valence-corrected chi connectivity index (χ1v) is 7.33. The number of carboxylic acids is 1. The molecular weight excluding hydrogens is 268 g/mol. The van der Waals surface area contributed by atoms with Crippen molar-refractivity contribution in [2.24, 2.45) is 5.41 Å². The van der Waals surface area contributed by atoms with Crippen LogP contribution in [0, 0.1) is 12.3 Å². The summed E-state index contributed by atoms with van der Waals surface area (Å²) in [6.07, 6.45) is 1.94. The summed E-state index contributed by atoms with van der Waals surface area (Å²) in [5.74, 6) is -0.796. The van der Waals surface area contributed by atoms with Crippen molar-refractivity contribution in [3.05, 3.63) is 29.8 Å². The van der Waals surface area contributed by atoms with E-state index in [1.165, 1.54) is 0 Å². The molecule has 1 saturated heterocycles. The Morgan fingerprint density at radius 3 is 2.71 bits per heavy atom. The van der Waals surface area contributed by atoms with Gasteiger partial charge >= 0.3 is 12.0 Å². The number of hydrogen-bond acceptors (Lipinski definition) is 2. The Hall–Kier alpha value is -2.04. The van der Waals surface area contributed by atoms with Gasteiger partial charge in [-0.1, -0.05) is 31.5 Å². The van der Waals surface area contributed by atoms with Gasteiger partial charge < -0.3 is 15.3 Å². The van der Waals surface area contributed by atoms with E-state index in [1.54, 1.807) is 4.90 Å². The SMILES string of the molecule is CCCC1(C(=O)O)CCN(C(=O)Nc2ccccc2C)C1. The van der Waals surface area contributed by atoms with Gasteiger partial charge in [0.05, 0.1) is 5.41 Å². The molecule has 1 unspecified atom stereocenters. The molecule has 114 valence electrons. The first-order valence-electron chi connectivity index (χ1n) is 7.33. The summed E-state index contributed by atoms with van der Waals surface area (Å²) >= 11 is 0. The number of nitrogens with one attached hydrogen (secondary N) is 1. The number of para-hydroxylation sites is 1. The number of carbonyl (C=O) groups excluding carboxylic acids is 1. The highest BCUT2D eigenvalue weighted by atomic mass is 16.4. The standard InChI is InChI=1S/C16H22N2O3/c1-3-8-16(14(19)20)9-10-18(11-16)15(21)17-13-7-5-4-6-12(13)2/h4-7H,3,8-11H2,1-2H3,(H,17,21)(H,19,20). The van der Waals surface area contributed by atoms with Gasteiger partial charge in [0.15, 0.2) is 0 Å². The summed E-state index contributed by atoms with van der Waals surface area (Å²) in [6.45, 7) is 4.68. The zero-order valence-corrected chi connectivity index (χ0v) is 12.6. The highest BCUT2D eigenvalue weighted by Crippen LogP contribution is 2.35. The van der Waals surface area contributed by atoms with Crippen LogP contribution in [0.1, 0.15) is 31.7 Å². The van der Waals surface area contributed by atoms with Gasteiger partial charge in [-0.2, -0.15) is 0 Å². The van der Waals surface area contributed by atoms with Crippen molar-refractivity contribution in [3.63, 3.8) is 0 Å². The molecule has 0 radical (unpaired) electrons. The van der Waals surface area contributed by atoms with Crippen LogP contribution in [0.15, 0.2) is 24.3 Å². The minimum absolute atomic E-state index is 0.219. The number of rotatable bonds is 4. The third kappa shape index (κ3) is 3.17. The molecule has 0 aliphatic carbocycles. The summed E-state index contributed by atoms with van der Waals surface area (Å²) < 4.78 is 0. The Bertz CT molecular complexity index is 544. The molecule has 2 rings (SSSR count). The number of aryl methyl sites for hydroxylation is 1. The summed E-state index contributed by atoms with van der Waals surface area (Å²) in [7, 11) is 0. The van der Waals surface area contributed by atoms with Gasteiger partial charge in [0, 0.05) is 18.8 Å². The summed E-state index contributed by atoms with van der Waals surface area (Å²) in [5.41, 5.74) is 0.978. The number of aliphatic carboxylic acids is 1. The molecule has 1 aliphatic rings. The molecule has 1 heterocycles. The third-order valence-electron chi connectivity index (χ3n) is 4.21. The highest BCUT2D eigenvalue weighted by molar-refractivity contribution is 5.91. The van der Waals surface area contributed by atoms with E-state index in [0.717, 1.165) is 17.7 Å². The molecule has 1 aromatic rings. The molecule has 1 atom stereocenters. The second kappa shape index (κ2) is 6.16. The molecule has 1 fully saturated rings. The zero-order valence-electron chi connectivity index (χ0n) is 12.6. The number of carboxylic acid groups (broad SMARTS) is 1. The van der Waals surface area contributed by atoms with Crippen molar-refractivity contribution in [3.8, 4) is 0 Å². The molecule has 5 nitrogen and oxygen atoms in total. The number of urea groups is 1. The second-order valence-corrected chi connectivity index (χ2v) is 5.75. The smallest absolute Gasteiger partial charge is 0.321 e. The van der Waals surface area contributed by atoms with Gasteiger partial charge in [0.1, 0.15) is 0 Å². The van der Waals surface area contributed by atoms with Gasteiger partial charge in [-0.25, -0.2) is 4.79 Å². The topological polar surface area (TPSA) is 69.6 Å². The van der Waals surface area contributed by atoms with Crippen molar-refractivity contribution in [2.45, 2.75) is 33.1 Å². The minimum atomic E-state index is -0.796. The van der Waals surface area contributed by atoms with Crippen molar-refractivity contribution < 1.29 is 14.7 Å². The van der Waals surface area contributed by atoms with E-state index in [2.05, 4.69) is 5.32 Å². The molecule has 5 heteroatoms. The van der Waals surface area contributed by atoms with Crippen LogP contribution in [-0.2, 0) is 4.79 Å². The van der Waals surface area contributed by atoms with Crippen LogP contribution >= 0.6 is 0 Å². The Morgan fingerprint density at radius 1 is 1.38 bits per heavy atom. The van der Waals surface area contributed by atoms with E-state index in [1.807, 2.05) is 38.1 Å². The van der Waals surface area contributed by atoms with Crippen LogP contribution in [0.25, 0.3) is 0 Å². The molecule has 0 bridgehead atoms. The first-order chi connectivity index (χ1) is 9.98. The minimum Gasteiger partial charge on any atom is -0.481 e. The molecule has 21 heavy (non-hydrogen) atoms. The van der Waals surface area contributed by atoms with Gasteiger partial charge in [-0.3, -0.25) is 4.79 Å². The molecule has 1 aliphatic heterocycles. The Balaban J connectivity index is 2.05. The monoisotopic (exact) mass is 290 g/mol. The van der Waals surface area contributed by atoms with E-state index in [9.17, 15) is 14.7 Å². The van der Waals surface area contributed by atoms with Crippen molar-refractivity contribution in [2.75, 3.05) is 18.4 Å². The molecular formula is C16H22N2O3. The van der Waals surface area contributed by atoms with Crippen LogP contribution in [0.5, 0.6) is 0 Å². The van der Waals surface area contributed by atoms with Crippen LogP contribution in [0.2, 0.25) is 0 Å². The van der Waals surface area contributed by atoms with E-state index >= 15 is 0 Å². The van der Waals surface area contributed by atoms with E-state index in [0.29, 0.717) is 19.4 Å². The Morgan fingerprint density at radius 2 is 2.10 bits per heavy atom. The number of nitrogens with zero attached hydrogens (tertiary/aromatic N) is 1. The molecule has 2 amide bonds. The predicted octanol–water partition coefficient (Wildman–Crippen LogP) is 3.10. The van der Waals surface area contributed by atoms with Gasteiger partial charge in [-0.15, -0.1) is 0 Å². The van der Waals surface area contributed by atoms with Crippen LogP contribution < -0.4 is 5.32 Å². The highest BCUT2D eigenvalue weighted by Gasteiger charge is 2.45. The summed E-state index contributed by atoms with van der Waals surface area (Å²) in [4.78, 5) is 25.4. The maximum absolute atomic E-state index is 12.3. The summed E-state index contributed by atoms with van der Waals surface area (Å²) in [6, 6.07) is 7.34. The van der Waals surface area contributed by atoms with Gasteiger partial charge in [-0.05, 0) is 31.4 Å². The van der Waals surface area contributed by atoms with Crippen LogP contribution in [0.3, 0.4) is 0 Å². The van der Waals surface area contributed by atoms with Crippen LogP contribution in [-0.4, -0.2) is 35.1 Å². The third-order valence-corrected chi connectivity index (χ3v) is 4.21. The van der Waals surface area contributed by atoms with E-state index in [4.69, 9.17) is 0 Å². The van der Waals surface area contributed by atoms with Gasteiger partial charge in [0.25, 0.3) is 0 Å². The molecule has 2 N–H and O–H groups in total. The fourth-order valence-electron chi connectivity index (χ4n) is 2.92. The number of benzene rings is 1. The zero-order chi connectivity index (χ0) is 15.5. The largest absolute Gasteiger partial charge is 0.481 e. The fraction of sp³-hybridized carbons (Fsp3) is 0.500. The molecule has 0 spiro atoms. The average molecular weight is 290 g/mol. The molecule has 1 aromatic carbocycles. The summed E-state index contributed by atoms with van der Waals surface area (Å²) in [5, 5.41) is 12.3. The quantitative estimate of drug-likeness (QED) is 0.895. The lowest BCUT2D eigenvalue weighted by Crippen LogP contribution is -2.38. The number of hydrogen-bond donors (Lipinski definition) is 2. The number of carbonyl (C=O) groups is 2. The normalized spacial score (nSPS) is 21.3. The Kier molecular flexibility index (Phi) is 4.50. The van der Waals surface area contributed by atoms with Crippen molar-refractivity contribution in [1.29, 1.82) is 0 Å². The van der Waals surface area contributed by atoms with Crippen molar-refractivity contribution >= 4 is 17.7 Å². The predicted molar refractivity (Wildman–Crippen MR) is 81.4 cm³/mol.